The lowest BCUT2D eigenvalue weighted by atomic mass is 10.3. The summed E-state index contributed by atoms with van der Waals surface area (Å²) in [6, 6.07) is 0. The van der Waals surface area contributed by atoms with Crippen LogP contribution in [-0.4, -0.2) is 49.6 Å². The van der Waals surface area contributed by atoms with Crippen molar-refractivity contribution in [2.45, 2.75) is 6.42 Å². The molecule has 0 bridgehead atoms. The highest BCUT2D eigenvalue weighted by atomic mass is 15.2. The van der Waals surface area contributed by atoms with Crippen molar-refractivity contribution in [3.63, 3.8) is 0 Å². The lowest BCUT2D eigenvalue weighted by Crippen LogP contribution is -2.44. The van der Waals surface area contributed by atoms with Gasteiger partial charge in [-0.1, -0.05) is 6.92 Å². The van der Waals surface area contributed by atoms with Gasteiger partial charge in [-0.3, -0.25) is 0 Å². The van der Waals surface area contributed by atoms with Gasteiger partial charge in [0, 0.05) is 26.2 Å². The average molecular weight is 141 g/mol. The Labute approximate surface area is 63.8 Å². The van der Waals surface area contributed by atoms with Gasteiger partial charge in [-0.05, 0) is 20.0 Å². The van der Waals surface area contributed by atoms with Crippen molar-refractivity contribution in [3.05, 3.63) is 6.92 Å². The summed E-state index contributed by atoms with van der Waals surface area (Å²) >= 11 is 0. The van der Waals surface area contributed by atoms with Gasteiger partial charge in [0.25, 0.3) is 0 Å². The first kappa shape index (κ1) is 8.02. The summed E-state index contributed by atoms with van der Waals surface area (Å²) in [5, 5.41) is 0. The van der Waals surface area contributed by atoms with E-state index in [2.05, 4.69) is 23.8 Å². The van der Waals surface area contributed by atoms with E-state index in [4.69, 9.17) is 0 Å². The van der Waals surface area contributed by atoms with Gasteiger partial charge in [0.05, 0.1) is 0 Å². The van der Waals surface area contributed by atoms with Gasteiger partial charge in [-0.2, -0.15) is 0 Å². The molecule has 0 N–H and O–H groups in total. The van der Waals surface area contributed by atoms with Crippen molar-refractivity contribution in [2.24, 2.45) is 0 Å². The smallest absolute Gasteiger partial charge is 0.0110 e. The predicted octanol–water partition coefficient (Wildman–Crippen LogP) is 0.458. The zero-order valence-electron chi connectivity index (χ0n) is 6.84. The quantitative estimate of drug-likeness (QED) is 0.551. The molecule has 10 heavy (non-hydrogen) atoms. The first-order valence-corrected chi connectivity index (χ1v) is 4.03. The number of likely N-dealkylation sites (N-methyl/N-ethyl adjacent to an activating group) is 1. The SMILES string of the molecule is [CH2]CCN1CCN(C)CC1. The molecule has 1 fully saturated rings. The molecule has 2 heteroatoms. The molecule has 1 saturated heterocycles. The van der Waals surface area contributed by atoms with Crippen molar-refractivity contribution in [1.82, 2.24) is 9.80 Å². The lowest BCUT2D eigenvalue weighted by Gasteiger charge is -2.31. The Morgan fingerprint density at radius 3 is 2.30 bits per heavy atom. The lowest BCUT2D eigenvalue weighted by molar-refractivity contribution is 0.156. The number of rotatable bonds is 2. The van der Waals surface area contributed by atoms with Crippen LogP contribution in [0.1, 0.15) is 6.42 Å². The molecule has 2 nitrogen and oxygen atoms in total. The van der Waals surface area contributed by atoms with Crippen molar-refractivity contribution in [3.8, 4) is 0 Å². The highest BCUT2D eigenvalue weighted by Gasteiger charge is 2.11. The number of hydrogen-bond donors (Lipinski definition) is 0. The largest absolute Gasteiger partial charge is 0.304 e. The van der Waals surface area contributed by atoms with E-state index in [1.165, 1.54) is 32.7 Å². The Kier molecular flexibility index (Phi) is 3.16. The van der Waals surface area contributed by atoms with Crippen molar-refractivity contribution < 1.29 is 0 Å². The van der Waals surface area contributed by atoms with E-state index in [1.54, 1.807) is 0 Å². The third-order valence-electron chi connectivity index (χ3n) is 2.07. The molecule has 1 heterocycles. The third kappa shape index (κ3) is 2.27. The predicted molar refractivity (Wildman–Crippen MR) is 43.9 cm³/mol. The molecule has 0 unspecified atom stereocenters. The molecular formula is C8H17N2. The van der Waals surface area contributed by atoms with Crippen LogP contribution in [0.4, 0.5) is 0 Å². The average Bonchev–Trinajstić information content (AvgIpc) is 1.95. The van der Waals surface area contributed by atoms with Gasteiger partial charge >= 0.3 is 0 Å². The molecule has 0 saturated carbocycles. The Morgan fingerprint density at radius 2 is 1.80 bits per heavy atom. The molecular weight excluding hydrogens is 124 g/mol. The highest BCUT2D eigenvalue weighted by Crippen LogP contribution is 1.98. The maximum atomic E-state index is 3.84. The maximum Gasteiger partial charge on any atom is 0.0110 e. The van der Waals surface area contributed by atoms with Gasteiger partial charge in [-0.15, -0.1) is 0 Å². The summed E-state index contributed by atoms with van der Waals surface area (Å²) < 4.78 is 0. The summed E-state index contributed by atoms with van der Waals surface area (Å²) in [5.41, 5.74) is 0. The van der Waals surface area contributed by atoms with Crippen LogP contribution in [0.5, 0.6) is 0 Å². The highest BCUT2D eigenvalue weighted by molar-refractivity contribution is 4.68. The summed E-state index contributed by atoms with van der Waals surface area (Å²) in [4.78, 5) is 4.85. The Bertz CT molecular complexity index is 85.3. The molecule has 0 aromatic rings. The fourth-order valence-electron chi connectivity index (χ4n) is 1.30. The molecule has 59 valence electrons. The molecule has 1 aliphatic rings. The van der Waals surface area contributed by atoms with Gasteiger partial charge in [0.15, 0.2) is 0 Å². The molecule has 0 aromatic heterocycles. The van der Waals surface area contributed by atoms with Crippen LogP contribution < -0.4 is 0 Å². The fourth-order valence-corrected chi connectivity index (χ4v) is 1.30. The van der Waals surface area contributed by atoms with Crippen LogP contribution in [0.25, 0.3) is 0 Å². The molecule has 0 aliphatic carbocycles. The number of hydrogen-bond acceptors (Lipinski definition) is 2. The minimum Gasteiger partial charge on any atom is -0.304 e. The summed E-state index contributed by atoms with van der Waals surface area (Å²) in [6.07, 6.45) is 1.05. The second kappa shape index (κ2) is 3.94. The Hall–Kier alpha value is -0.0800. The molecule has 1 aliphatic heterocycles. The maximum absolute atomic E-state index is 3.84. The Balaban J connectivity index is 2.13. The molecule has 0 atom stereocenters. The minimum atomic E-state index is 1.05. The second-order valence-corrected chi connectivity index (χ2v) is 3.00. The minimum absolute atomic E-state index is 1.05. The van der Waals surface area contributed by atoms with Crippen LogP contribution in [-0.2, 0) is 0 Å². The van der Waals surface area contributed by atoms with Gasteiger partial charge < -0.3 is 9.80 Å². The second-order valence-electron chi connectivity index (χ2n) is 3.00. The van der Waals surface area contributed by atoms with Crippen molar-refractivity contribution in [1.29, 1.82) is 0 Å². The monoisotopic (exact) mass is 141 g/mol. The van der Waals surface area contributed by atoms with E-state index in [-0.39, 0.29) is 0 Å². The molecule has 0 spiro atoms. The van der Waals surface area contributed by atoms with Crippen LogP contribution in [0.2, 0.25) is 0 Å². The van der Waals surface area contributed by atoms with E-state index in [0.29, 0.717) is 0 Å². The summed E-state index contributed by atoms with van der Waals surface area (Å²) in [5.74, 6) is 0. The number of nitrogens with zero attached hydrogens (tertiary/aromatic N) is 2. The van der Waals surface area contributed by atoms with E-state index >= 15 is 0 Å². The van der Waals surface area contributed by atoms with E-state index in [9.17, 15) is 0 Å². The van der Waals surface area contributed by atoms with Gasteiger partial charge in [0.2, 0.25) is 0 Å². The van der Waals surface area contributed by atoms with E-state index in [0.717, 1.165) is 6.42 Å². The molecule has 1 rings (SSSR count). The van der Waals surface area contributed by atoms with Gasteiger partial charge in [-0.25, -0.2) is 0 Å². The van der Waals surface area contributed by atoms with Crippen molar-refractivity contribution >= 4 is 0 Å². The first-order chi connectivity index (χ1) is 4.83. The molecule has 0 amide bonds. The summed E-state index contributed by atoms with van der Waals surface area (Å²) in [6.45, 7) is 9.92. The van der Waals surface area contributed by atoms with Gasteiger partial charge in [0.1, 0.15) is 0 Å². The fraction of sp³-hybridized carbons (Fsp3) is 0.875. The zero-order chi connectivity index (χ0) is 7.40. The van der Waals surface area contributed by atoms with E-state index < -0.39 is 0 Å². The molecule has 0 aromatic carbocycles. The summed E-state index contributed by atoms with van der Waals surface area (Å²) in [7, 11) is 2.18. The Morgan fingerprint density at radius 1 is 1.20 bits per heavy atom. The normalized spacial score (nSPS) is 23.4. The standard InChI is InChI=1S/C8H17N2/c1-3-4-10-7-5-9(2)6-8-10/h1,3-8H2,2H3. The molecule has 1 radical (unpaired) electrons. The first-order valence-electron chi connectivity index (χ1n) is 4.03. The number of piperazine rings is 1. The van der Waals surface area contributed by atoms with Crippen molar-refractivity contribution in [2.75, 3.05) is 39.8 Å². The zero-order valence-corrected chi connectivity index (χ0v) is 6.84. The van der Waals surface area contributed by atoms with Crippen LogP contribution in [0, 0.1) is 6.92 Å². The van der Waals surface area contributed by atoms with Crippen LogP contribution in [0.3, 0.4) is 0 Å². The topological polar surface area (TPSA) is 6.48 Å². The van der Waals surface area contributed by atoms with Crippen LogP contribution in [0.15, 0.2) is 0 Å². The third-order valence-corrected chi connectivity index (χ3v) is 2.07. The van der Waals surface area contributed by atoms with Crippen LogP contribution >= 0.6 is 0 Å². The van der Waals surface area contributed by atoms with E-state index in [1.807, 2.05) is 0 Å².